The molecule has 1 amide bonds. The van der Waals surface area contributed by atoms with E-state index in [1.165, 1.54) is 34.9 Å². The van der Waals surface area contributed by atoms with Crippen molar-refractivity contribution in [2.75, 3.05) is 5.75 Å². The van der Waals surface area contributed by atoms with E-state index in [2.05, 4.69) is 6.58 Å². The SMILES string of the molecule is C=CCSC1CC(=O)N1C(C(=O)O)c1cc([N+](=O)[O-])ccc1C. The van der Waals surface area contributed by atoms with Gasteiger partial charge in [-0.05, 0) is 18.1 Å². The van der Waals surface area contributed by atoms with Crippen molar-refractivity contribution in [2.45, 2.75) is 24.8 Å². The number of aryl methyl sites for hydroxylation is 1. The lowest BCUT2D eigenvalue weighted by Gasteiger charge is -2.43. The Morgan fingerprint density at radius 3 is 2.87 bits per heavy atom. The normalized spacial score (nSPS) is 18.2. The maximum Gasteiger partial charge on any atom is 0.331 e. The van der Waals surface area contributed by atoms with Crippen molar-refractivity contribution in [1.29, 1.82) is 0 Å². The van der Waals surface area contributed by atoms with Crippen molar-refractivity contribution < 1.29 is 19.6 Å². The molecule has 1 aliphatic heterocycles. The standard InChI is InChI=1S/C15H16N2O5S/c1-3-6-23-13-8-12(18)16(13)14(15(19)20)11-7-10(17(21)22)5-4-9(11)2/h3-5,7,13-14H,1,6,8H2,2H3,(H,19,20). The Labute approximate surface area is 137 Å². The van der Waals surface area contributed by atoms with Gasteiger partial charge in [-0.25, -0.2) is 4.79 Å². The lowest BCUT2D eigenvalue weighted by atomic mass is 9.96. The van der Waals surface area contributed by atoms with Crippen LogP contribution < -0.4 is 0 Å². The minimum atomic E-state index is -1.22. The number of likely N-dealkylation sites (tertiary alicyclic amines) is 1. The number of carbonyl (C=O) groups is 2. The second kappa shape index (κ2) is 6.82. The number of benzene rings is 1. The minimum absolute atomic E-state index is 0.194. The third-order valence-corrected chi connectivity index (χ3v) is 4.84. The summed E-state index contributed by atoms with van der Waals surface area (Å²) < 4.78 is 0. The highest BCUT2D eigenvalue weighted by Gasteiger charge is 2.45. The topological polar surface area (TPSA) is 101 Å². The Morgan fingerprint density at radius 2 is 2.35 bits per heavy atom. The average molecular weight is 336 g/mol. The van der Waals surface area contributed by atoms with Crippen LogP contribution in [0.2, 0.25) is 0 Å². The summed E-state index contributed by atoms with van der Waals surface area (Å²) in [5.74, 6) is -0.884. The summed E-state index contributed by atoms with van der Waals surface area (Å²) in [7, 11) is 0. The summed E-state index contributed by atoms with van der Waals surface area (Å²) in [4.78, 5) is 35.3. The van der Waals surface area contributed by atoms with Gasteiger partial charge < -0.3 is 10.0 Å². The van der Waals surface area contributed by atoms with Crippen LogP contribution in [0.3, 0.4) is 0 Å². The number of β-lactam (4-membered cyclic amide) rings is 1. The Bertz CT molecular complexity index is 676. The van der Waals surface area contributed by atoms with E-state index < -0.39 is 16.9 Å². The van der Waals surface area contributed by atoms with Gasteiger partial charge in [-0.2, -0.15) is 0 Å². The number of thioether (sulfide) groups is 1. The molecular formula is C15H16N2O5S. The fourth-order valence-electron chi connectivity index (χ4n) is 2.47. The first-order chi connectivity index (χ1) is 10.9. The zero-order valence-electron chi connectivity index (χ0n) is 12.5. The lowest BCUT2D eigenvalue weighted by Crippen LogP contribution is -2.54. The van der Waals surface area contributed by atoms with E-state index in [4.69, 9.17) is 0 Å². The largest absolute Gasteiger partial charge is 0.479 e. The first kappa shape index (κ1) is 17.0. The highest BCUT2D eigenvalue weighted by atomic mass is 32.2. The quantitative estimate of drug-likeness (QED) is 0.355. The molecule has 2 unspecified atom stereocenters. The second-order valence-corrected chi connectivity index (χ2v) is 6.33. The molecule has 23 heavy (non-hydrogen) atoms. The fraction of sp³-hybridized carbons (Fsp3) is 0.333. The number of amides is 1. The molecule has 0 saturated carbocycles. The Hall–Kier alpha value is -2.35. The van der Waals surface area contributed by atoms with Crippen LogP contribution >= 0.6 is 11.8 Å². The zero-order valence-corrected chi connectivity index (χ0v) is 13.3. The van der Waals surface area contributed by atoms with Gasteiger partial charge in [-0.15, -0.1) is 18.3 Å². The number of carbonyl (C=O) groups excluding carboxylic acids is 1. The molecule has 0 radical (unpaired) electrons. The number of non-ortho nitro benzene ring substituents is 1. The first-order valence-corrected chi connectivity index (χ1v) is 7.93. The minimum Gasteiger partial charge on any atom is -0.479 e. The number of nitrogens with zero attached hydrogens (tertiary/aromatic N) is 2. The molecule has 2 atom stereocenters. The van der Waals surface area contributed by atoms with Crippen molar-refractivity contribution in [1.82, 2.24) is 4.90 Å². The number of carboxylic acid groups (broad SMARTS) is 1. The van der Waals surface area contributed by atoms with Gasteiger partial charge >= 0.3 is 5.97 Å². The summed E-state index contributed by atoms with van der Waals surface area (Å²) in [6.07, 6.45) is 1.94. The van der Waals surface area contributed by atoms with Crippen LogP contribution in [0.5, 0.6) is 0 Å². The summed E-state index contributed by atoms with van der Waals surface area (Å²) in [5, 5.41) is 20.3. The molecule has 122 valence electrons. The van der Waals surface area contributed by atoms with Crippen LogP contribution in [0.15, 0.2) is 30.9 Å². The van der Waals surface area contributed by atoms with E-state index in [0.29, 0.717) is 11.3 Å². The second-order valence-electron chi connectivity index (χ2n) is 5.12. The predicted molar refractivity (Wildman–Crippen MR) is 86.1 cm³/mol. The summed E-state index contributed by atoms with van der Waals surface area (Å²) in [5.41, 5.74) is 0.666. The number of nitro groups is 1. The van der Waals surface area contributed by atoms with Crippen LogP contribution in [-0.2, 0) is 9.59 Å². The van der Waals surface area contributed by atoms with E-state index in [1.807, 2.05) is 0 Å². The van der Waals surface area contributed by atoms with Gasteiger partial charge in [0, 0.05) is 17.9 Å². The van der Waals surface area contributed by atoms with Crippen LogP contribution in [0, 0.1) is 17.0 Å². The molecule has 1 saturated heterocycles. The number of carboxylic acids is 1. The molecule has 0 spiro atoms. The Morgan fingerprint density at radius 1 is 1.65 bits per heavy atom. The molecule has 0 aliphatic carbocycles. The number of hydrogen-bond acceptors (Lipinski definition) is 5. The molecule has 1 N–H and O–H groups in total. The molecule has 7 nitrogen and oxygen atoms in total. The van der Waals surface area contributed by atoms with Gasteiger partial charge in [0.1, 0.15) is 0 Å². The monoisotopic (exact) mass is 336 g/mol. The third kappa shape index (κ3) is 3.37. The predicted octanol–water partition coefficient (Wildman–Crippen LogP) is 2.51. The van der Waals surface area contributed by atoms with Crippen LogP contribution in [-0.4, -0.2) is 37.9 Å². The number of rotatable bonds is 7. The average Bonchev–Trinajstić information content (AvgIpc) is 2.49. The molecule has 1 aliphatic rings. The van der Waals surface area contributed by atoms with E-state index >= 15 is 0 Å². The molecule has 0 aromatic heterocycles. The molecule has 2 rings (SSSR count). The maximum absolute atomic E-state index is 11.9. The molecule has 1 fully saturated rings. The van der Waals surface area contributed by atoms with E-state index in [-0.39, 0.29) is 29.0 Å². The third-order valence-electron chi connectivity index (χ3n) is 3.63. The van der Waals surface area contributed by atoms with Gasteiger partial charge in [0.2, 0.25) is 5.91 Å². The molecule has 0 bridgehead atoms. The molecule has 1 aromatic rings. The van der Waals surface area contributed by atoms with Crippen molar-refractivity contribution in [3.05, 3.63) is 52.1 Å². The van der Waals surface area contributed by atoms with Crippen LogP contribution in [0.25, 0.3) is 0 Å². The number of nitro benzene ring substituents is 1. The summed E-state index contributed by atoms with van der Waals surface area (Å²) in [6, 6.07) is 2.83. The summed E-state index contributed by atoms with van der Waals surface area (Å²) >= 11 is 1.42. The highest BCUT2D eigenvalue weighted by Crippen LogP contribution is 2.39. The van der Waals surface area contributed by atoms with Gasteiger partial charge in [-0.1, -0.05) is 12.1 Å². The highest BCUT2D eigenvalue weighted by molar-refractivity contribution is 8.00. The number of hydrogen-bond donors (Lipinski definition) is 1. The van der Waals surface area contributed by atoms with E-state index in [1.54, 1.807) is 13.0 Å². The molecule has 1 aromatic carbocycles. The number of aliphatic carboxylic acids is 1. The zero-order chi connectivity index (χ0) is 17.1. The Balaban J connectivity index is 2.40. The van der Waals surface area contributed by atoms with Gasteiger partial charge in [0.25, 0.3) is 5.69 Å². The summed E-state index contributed by atoms with van der Waals surface area (Å²) in [6.45, 7) is 5.27. The maximum atomic E-state index is 11.9. The van der Waals surface area contributed by atoms with Crippen molar-refractivity contribution in [3.8, 4) is 0 Å². The Kier molecular flexibility index (Phi) is 5.05. The van der Waals surface area contributed by atoms with E-state index in [0.717, 1.165) is 0 Å². The van der Waals surface area contributed by atoms with Gasteiger partial charge in [-0.3, -0.25) is 14.9 Å². The first-order valence-electron chi connectivity index (χ1n) is 6.88. The van der Waals surface area contributed by atoms with E-state index in [9.17, 15) is 24.8 Å². The van der Waals surface area contributed by atoms with Crippen LogP contribution in [0.1, 0.15) is 23.6 Å². The molecule has 8 heteroatoms. The van der Waals surface area contributed by atoms with Gasteiger partial charge in [0.15, 0.2) is 6.04 Å². The van der Waals surface area contributed by atoms with Crippen molar-refractivity contribution in [3.63, 3.8) is 0 Å². The molecular weight excluding hydrogens is 320 g/mol. The van der Waals surface area contributed by atoms with Crippen molar-refractivity contribution >= 4 is 29.3 Å². The van der Waals surface area contributed by atoms with Crippen molar-refractivity contribution in [2.24, 2.45) is 0 Å². The van der Waals surface area contributed by atoms with Gasteiger partial charge in [0.05, 0.1) is 16.7 Å². The van der Waals surface area contributed by atoms with Crippen LogP contribution in [0.4, 0.5) is 5.69 Å². The lowest BCUT2D eigenvalue weighted by molar-refractivity contribution is -0.385. The molecule has 1 heterocycles. The fourth-order valence-corrected chi connectivity index (χ4v) is 3.49. The smallest absolute Gasteiger partial charge is 0.331 e.